The number of hydrogen-bond donors (Lipinski definition) is 1. The van der Waals surface area contributed by atoms with Crippen molar-refractivity contribution in [2.24, 2.45) is 5.92 Å². The summed E-state index contributed by atoms with van der Waals surface area (Å²) in [7, 11) is 0. The number of nitrogens with zero attached hydrogens (tertiary/aromatic N) is 2. The fraction of sp³-hybridized carbons (Fsp3) is 0.765. The molecular weight excluding hydrogens is 466 g/mol. The molecule has 1 N–H and O–H groups in total. The van der Waals surface area contributed by atoms with Crippen LogP contribution < -0.4 is 5.32 Å². The van der Waals surface area contributed by atoms with Crippen LogP contribution in [-0.4, -0.2) is 15.5 Å². The highest BCUT2D eigenvalue weighted by Crippen LogP contribution is 2.26. The molecule has 1 aromatic heterocycles. The molecule has 0 saturated heterocycles. The lowest BCUT2D eigenvalue weighted by atomic mass is 9.88. The average Bonchev–Trinajstić information content (AvgIpc) is 3.32. The van der Waals surface area contributed by atoms with Gasteiger partial charge in [-0.3, -0.25) is 4.79 Å². The zero-order valence-corrected chi connectivity index (χ0v) is 24.8. The van der Waals surface area contributed by atoms with Crippen LogP contribution in [0.5, 0.6) is 0 Å². The van der Waals surface area contributed by atoms with Crippen LogP contribution in [0, 0.1) is 5.92 Å². The van der Waals surface area contributed by atoms with Crippen molar-refractivity contribution in [1.29, 1.82) is 0 Å². The van der Waals surface area contributed by atoms with Gasteiger partial charge < -0.3 is 9.88 Å². The van der Waals surface area contributed by atoms with Crippen LogP contribution in [0.2, 0.25) is 0 Å². The van der Waals surface area contributed by atoms with Crippen LogP contribution in [0.4, 0.5) is 0 Å². The van der Waals surface area contributed by atoms with Gasteiger partial charge in [0.2, 0.25) is 5.91 Å². The maximum atomic E-state index is 12.9. The van der Waals surface area contributed by atoms with Crippen LogP contribution in [-0.2, 0) is 11.3 Å². The Morgan fingerprint density at radius 3 is 1.92 bits per heavy atom. The number of aryl methyl sites for hydroxylation is 1. The number of benzene rings is 1. The summed E-state index contributed by atoms with van der Waals surface area (Å²) < 4.78 is 2.37. The number of imidazole rings is 1. The van der Waals surface area contributed by atoms with Crippen molar-refractivity contribution < 1.29 is 4.79 Å². The molecule has 4 nitrogen and oxygen atoms in total. The van der Waals surface area contributed by atoms with Gasteiger partial charge in [0.1, 0.15) is 5.82 Å². The summed E-state index contributed by atoms with van der Waals surface area (Å²) in [5.41, 5.74) is 2.24. The minimum absolute atomic E-state index is 0.0575. The van der Waals surface area contributed by atoms with E-state index in [1.807, 2.05) is 0 Å². The van der Waals surface area contributed by atoms with Crippen molar-refractivity contribution in [2.75, 3.05) is 0 Å². The molecule has 1 heterocycles. The van der Waals surface area contributed by atoms with Crippen molar-refractivity contribution >= 4 is 16.9 Å². The Bertz CT molecular complexity index is 898. The molecule has 4 heteroatoms. The van der Waals surface area contributed by atoms with Gasteiger partial charge in [-0.25, -0.2) is 4.98 Å². The molecule has 1 saturated carbocycles. The first kappa shape index (κ1) is 30.7. The molecule has 1 unspecified atom stereocenters. The Balaban J connectivity index is 1.31. The summed E-state index contributed by atoms with van der Waals surface area (Å²) >= 11 is 0. The van der Waals surface area contributed by atoms with E-state index in [2.05, 4.69) is 48.0 Å². The number of hydrogen-bond acceptors (Lipinski definition) is 2. The topological polar surface area (TPSA) is 46.9 Å². The Morgan fingerprint density at radius 1 is 0.816 bits per heavy atom. The van der Waals surface area contributed by atoms with Crippen LogP contribution >= 0.6 is 0 Å². The normalized spacial score (nSPS) is 15.2. The molecule has 3 rings (SSSR count). The summed E-state index contributed by atoms with van der Waals surface area (Å²) in [6, 6.07) is 8.37. The van der Waals surface area contributed by atoms with E-state index in [9.17, 15) is 4.79 Å². The van der Waals surface area contributed by atoms with Crippen molar-refractivity contribution in [1.82, 2.24) is 14.9 Å². The quantitative estimate of drug-likeness (QED) is 0.175. The zero-order chi connectivity index (χ0) is 26.8. The molecule has 0 radical (unpaired) electrons. The first-order valence-corrected chi connectivity index (χ1v) is 16.5. The van der Waals surface area contributed by atoms with E-state index in [-0.39, 0.29) is 17.9 Å². The van der Waals surface area contributed by atoms with Gasteiger partial charge in [0, 0.05) is 12.5 Å². The predicted molar refractivity (Wildman–Crippen MR) is 162 cm³/mol. The molecule has 2 aromatic rings. The smallest absolute Gasteiger partial charge is 0.223 e. The maximum Gasteiger partial charge on any atom is 0.223 e. The van der Waals surface area contributed by atoms with E-state index in [1.165, 1.54) is 128 Å². The minimum atomic E-state index is -0.0575. The third-order valence-electron chi connectivity index (χ3n) is 8.64. The Hall–Kier alpha value is -1.84. The van der Waals surface area contributed by atoms with Gasteiger partial charge in [-0.15, -0.1) is 0 Å². The number of aromatic nitrogens is 2. The number of carbonyl (C=O) groups excluding carboxylic acids is 1. The van der Waals surface area contributed by atoms with E-state index >= 15 is 0 Å². The van der Waals surface area contributed by atoms with Crippen molar-refractivity contribution in [2.45, 2.75) is 161 Å². The summed E-state index contributed by atoms with van der Waals surface area (Å²) in [5, 5.41) is 3.30. The number of para-hydroxylation sites is 2. The standard InChI is InChI=1S/C34H57N3O/c1-3-4-5-6-7-8-9-10-11-12-13-14-15-16-17-23-28-37-32-27-22-21-26-31(32)36-33(37)29(2)35-34(38)30-24-19-18-20-25-30/h21-22,26-27,29-30H,3-20,23-25,28H2,1-2H3,(H,35,38). The van der Waals surface area contributed by atoms with Gasteiger partial charge in [0.25, 0.3) is 0 Å². The lowest BCUT2D eigenvalue weighted by Crippen LogP contribution is -2.35. The predicted octanol–water partition coefficient (Wildman–Crippen LogP) is 10.1. The molecule has 1 aromatic carbocycles. The van der Waals surface area contributed by atoms with E-state index in [0.717, 1.165) is 30.7 Å². The van der Waals surface area contributed by atoms with Gasteiger partial charge in [-0.05, 0) is 38.3 Å². The van der Waals surface area contributed by atoms with E-state index in [4.69, 9.17) is 4.98 Å². The third kappa shape index (κ3) is 10.7. The van der Waals surface area contributed by atoms with Crippen LogP contribution in [0.15, 0.2) is 24.3 Å². The fourth-order valence-electron chi connectivity index (χ4n) is 6.24. The van der Waals surface area contributed by atoms with Gasteiger partial charge in [-0.1, -0.05) is 135 Å². The molecule has 1 aliphatic carbocycles. The first-order valence-electron chi connectivity index (χ1n) is 16.5. The van der Waals surface area contributed by atoms with Crippen LogP contribution in [0.25, 0.3) is 11.0 Å². The van der Waals surface area contributed by atoms with E-state index in [1.54, 1.807) is 0 Å². The Morgan fingerprint density at radius 2 is 1.34 bits per heavy atom. The lowest BCUT2D eigenvalue weighted by Gasteiger charge is -2.23. The highest BCUT2D eigenvalue weighted by atomic mass is 16.1. The monoisotopic (exact) mass is 523 g/mol. The van der Waals surface area contributed by atoms with Crippen molar-refractivity contribution in [3.05, 3.63) is 30.1 Å². The highest BCUT2D eigenvalue weighted by molar-refractivity contribution is 5.80. The van der Waals surface area contributed by atoms with Crippen molar-refractivity contribution in [3.63, 3.8) is 0 Å². The second kappa shape index (κ2) is 18.4. The van der Waals surface area contributed by atoms with Gasteiger partial charge in [-0.2, -0.15) is 0 Å². The number of nitrogens with one attached hydrogen (secondary N) is 1. The van der Waals surface area contributed by atoms with Gasteiger partial charge in [0.05, 0.1) is 17.1 Å². The van der Waals surface area contributed by atoms with Gasteiger partial charge >= 0.3 is 0 Å². The lowest BCUT2D eigenvalue weighted by molar-refractivity contribution is -0.126. The summed E-state index contributed by atoms with van der Waals surface area (Å²) in [6.45, 7) is 5.38. The number of fused-ring (bicyclic) bond motifs is 1. The minimum Gasteiger partial charge on any atom is -0.346 e. The number of carbonyl (C=O) groups is 1. The largest absolute Gasteiger partial charge is 0.346 e. The summed E-state index contributed by atoms with van der Waals surface area (Å²) in [6.07, 6.45) is 27.9. The van der Waals surface area contributed by atoms with Crippen molar-refractivity contribution in [3.8, 4) is 0 Å². The van der Waals surface area contributed by atoms with Crippen LogP contribution in [0.1, 0.15) is 161 Å². The highest BCUT2D eigenvalue weighted by Gasteiger charge is 2.24. The summed E-state index contributed by atoms with van der Waals surface area (Å²) in [5.74, 6) is 1.42. The van der Waals surface area contributed by atoms with Gasteiger partial charge in [0.15, 0.2) is 0 Å². The first-order chi connectivity index (χ1) is 18.7. The number of amides is 1. The summed E-state index contributed by atoms with van der Waals surface area (Å²) in [4.78, 5) is 17.8. The number of unbranched alkanes of at least 4 members (excludes halogenated alkanes) is 15. The van der Waals surface area contributed by atoms with Crippen LogP contribution in [0.3, 0.4) is 0 Å². The average molecular weight is 524 g/mol. The molecule has 0 spiro atoms. The number of rotatable bonds is 20. The molecule has 0 bridgehead atoms. The SMILES string of the molecule is CCCCCCCCCCCCCCCCCCn1c(C(C)NC(=O)C2CCCCC2)nc2ccccc21. The molecule has 1 amide bonds. The van der Waals surface area contributed by atoms with E-state index < -0.39 is 0 Å². The zero-order valence-electron chi connectivity index (χ0n) is 24.8. The third-order valence-corrected chi connectivity index (χ3v) is 8.64. The Kier molecular flexibility index (Phi) is 14.9. The fourth-order valence-corrected chi connectivity index (χ4v) is 6.24. The van der Waals surface area contributed by atoms with E-state index in [0.29, 0.717) is 0 Å². The second-order valence-corrected chi connectivity index (χ2v) is 12.0. The molecule has 1 atom stereocenters. The molecule has 1 fully saturated rings. The molecule has 38 heavy (non-hydrogen) atoms. The second-order valence-electron chi connectivity index (χ2n) is 12.0. The molecule has 214 valence electrons. The molecular formula is C34H57N3O. The maximum absolute atomic E-state index is 12.9. The Labute approximate surface area is 233 Å². The molecule has 1 aliphatic rings. The molecule has 0 aliphatic heterocycles.